The van der Waals surface area contributed by atoms with Crippen molar-refractivity contribution in [2.24, 2.45) is 10.8 Å². The van der Waals surface area contributed by atoms with Crippen LogP contribution in [-0.4, -0.2) is 5.84 Å². The van der Waals surface area contributed by atoms with Crippen molar-refractivity contribution >= 4 is 11.5 Å². The number of nitrogens with zero attached hydrogens (tertiary/aromatic N) is 1. The van der Waals surface area contributed by atoms with Gasteiger partial charge in [0.1, 0.15) is 0 Å². The molecule has 0 aliphatic rings. The first kappa shape index (κ1) is 12.2. The number of para-hydroxylation sites is 1. The van der Waals surface area contributed by atoms with Gasteiger partial charge in [-0.2, -0.15) is 5.10 Å². The van der Waals surface area contributed by atoms with Gasteiger partial charge in [-0.1, -0.05) is 48.5 Å². The fraction of sp³-hybridized carbons (Fsp3) is 0.133. The third kappa shape index (κ3) is 2.69. The average Bonchev–Trinajstić information content (AvgIpc) is 2.39. The molecule has 0 unspecified atom stereocenters. The minimum atomic E-state index is 0.484. The van der Waals surface area contributed by atoms with Crippen LogP contribution in [0.3, 0.4) is 0 Å². The molecule has 0 aliphatic carbocycles. The highest BCUT2D eigenvalue weighted by molar-refractivity contribution is 5.97. The van der Waals surface area contributed by atoms with E-state index in [9.17, 15) is 0 Å². The number of aryl methyl sites for hydroxylation is 2. The molecular weight excluding hydrogens is 222 g/mol. The number of rotatable bonds is 3. The molecule has 0 fully saturated rings. The summed E-state index contributed by atoms with van der Waals surface area (Å²) in [6, 6.07) is 15.8. The summed E-state index contributed by atoms with van der Waals surface area (Å²) >= 11 is 0. The summed E-state index contributed by atoms with van der Waals surface area (Å²) in [5.41, 5.74) is 13.2. The van der Waals surface area contributed by atoms with Crippen LogP contribution in [-0.2, 0) is 0 Å². The van der Waals surface area contributed by atoms with Gasteiger partial charge in [0.15, 0.2) is 5.84 Å². The molecule has 0 spiro atoms. The molecule has 0 saturated heterocycles. The SMILES string of the molecule is Cc1cccc(C)c1N/N=C(\N)c1ccccc1. The number of nitrogens with one attached hydrogen (secondary N) is 1. The van der Waals surface area contributed by atoms with E-state index in [4.69, 9.17) is 5.73 Å². The van der Waals surface area contributed by atoms with Crippen LogP contribution in [0.2, 0.25) is 0 Å². The summed E-state index contributed by atoms with van der Waals surface area (Å²) in [5.74, 6) is 0.484. The lowest BCUT2D eigenvalue weighted by atomic mass is 10.1. The first-order valence-corrected chi connectivity index (χ1v) is 5.89. The van der Waals surface area contributed by atoms with Gasteiger partial charge in [-0.15, -0.1) is 0 Å². The summed E-state index contributed by atoms with van der Waals surface area (Å²) < 4.78 is 0. The Morgan fingerprint density at radius 3 is 2.17 bits per heavy atom. The van der Waals surface area contributed by atoms with Gasteiger partial charge in [0.2, 0.25) is 0 Å². The van der Waals surface area contributed by atoms with Crippen LogP contribution in [0.4, 0.5) is 5.69 Å². The minimum Gasteiger partial charge on any atom is -0.382 e. The average molecular weight is 239 g/mol. The number of hydrogen-bond donors (Lipinski definition) is 2. The van der Waals surface area contributed by atoms with Crippen LogP contribution >= 0.6 is 0 Å². The molecule has 0 bridgehead atoms. The number of hydrazone groups is 1. The van der Waals surface area contributed by atoms with Crippen molar-refractivity contribution in [2.75, 3.05) is 5.43 Å². The van der Waals surface area contributed by atoms with E-state index in [0.717, 1.165) is 22.4 Å². The zero-order chi connectivity index (χ0) is 13.0. The standard InChI is InChI=1S/C15H17N3/c1-11-7-6-8-12(2)14(11)17-18-15(16)13-9-4-3-5-10-13/h3-10,17H,1-2H3,(H2,16,18). The Labute approximate surface area is 107 Å². The van der Waals surface area contributed by atoms with Crippen molar-refractivity contribution in [3.05, 3.63) is 65.2 Å². The van der Waals surface area contributed by atoms with Crippen LogP contribution in [0.1, 0.15) is 16.7 Å². The Hall–Kier alpha value is -2.29. The molecule has 2 rings (SSSR count). The second kappa shape index (κ2) is 5.36. The van der Waals surface area contributed by atoms with Gasteiger partial charge in [0.05, 0.1) is 5.69 Å². The summed E-state index contributed by atoms with van der Waals surface area (Å²) in [7, 11) is 0. The topological polar surface area (TPSA) is 50.4 Å². The molecule has 2 aromatic carbocycles. The maximum absolute atomic E-state index is 5.93. The van der Waals surface area contributed by atoms with Crippen molar-refractivity contribution in [2.45, 2.75) is 13.8 Å². The van der Waals surface area contributed by atoms with Gasteiger partial charge >= 0.3 is 0 Å². The second-order valence-electron chi connectivity index (χ2n) is 4.24. The van der Waals surface area contributed by atoms with Crippen molar-refractivity contribution in [3.8, 4) is 0 Å². The molecule has 0 heterocycles. The van der Waals surface area contributed by atoms with Gasteiger partial charge in [-0.25, -0.2) is 0 Å². The Bertz CT molecular complexity index is 539. The van der Waals surface area contributed by atoms with Crippen molar-refractivity contribution in [1.82, 2.24) is 0 Å². The summed E-state index contributed by atoms with van der Waals surface area (Å²) in [5, 5.41) is 4.23. The largest absolute Gasteiger partial charge is 0.382 e. The third-order valence-electron chi connectivity index (χ3n) is 2.84. The van der Waals surface area contributed by atoms with E-state index in [1.807, 2.05) is 62.4 Å². The first-order chi connectivity index (χ1) is 8.68. The monoisotopic (exact) mass is 239 g/mol. The van der Waals surface area contributed by atoms with E-state index in [1.54, 1.807) is 0 Å². The normalized spacial score (nSPS) is 11.3. The number of amidine groups is 1. The van der Waals surface area contributed by atoms with E-state index < -0.39 is 0 Å². The first-order valence-electron chi connectivity index (χ1n) is 5.89. The predicted octanol–water partition coefficient (Wildman–Crippen LogP) is 3.04. The van der Waals surface area contributed by atoms with Crippen LogP contribution in [0.15, 0.2) is 53.6 Å². The maximum atomic E-state index is 5.93. The van der Waals surface area contributed by atoms with E-state index in [-0.39, 0.29) is 0 Å². The highest BCUT2D eigenvalue weighted by Gasteiger charge is 2.01. The summed E-state index contributed by atoms with van der Waals surface area (Å²) in [6.45, 7) is 4.09. The van der Waals surface area contributed by atoms with E-state index in [0.29, 0.717) is 5.84 Å². The minimum absolute atomic E-state index is 0.484. The Morgan fingerprint density at radius 2 is 1.56 bits per heavy atom. The number of nitrogens with two attached hydrogens (primary N) is 1. The number of anilines is 1. The molecule has 0 aliphatic heterocycles. The molecule has 0 atom stereocenters. The predicted molar refractivity (Wildman–Crippen MR) is 76.7 cm³/mol. The molecule has 18 heavy (non-hydrogen) atoms. The van der Waals surface area contributed by atoms with E-state index in [1.165, 1.54) is 0 Å². The molecule has 2 aromatic rings. The molecule has 3 heteroatoms. The quantitative estimate of drug-likeness (QED) is 0.491. The molecule has 0 aromatic heterocycles. The van der Waals surface area contributed by atoms with E-state index in [2.05, 4.69) is 10.5 Å². The highest BCUT2D eigenvalue weighted by Crippen LogP contribution is 2.19. The van der Waals surface area contributed by atoms with Crippen molar-refractivity contribution < 1.29 is 0 Å². The van der Waals surface area contributed by atoms with E-state index >= 15 is 0 Å². The summed E-state index contributed by atoms with van der Waals surface area (Å²) in [4.78, 5) is 0. The maximum Gasteiger partial charge on any atom is 0.150 e. The Balaban J connectivity index is 2.21. The molecular formula is C15H17N3. The van der Waals surface area contributed by atoms with Gasteiger partial charge < -0.3 is 5.73 Å². The van der Waals surface area contributed by atoms with Crippen LogP contribution in [0, 0.1) is 13.8 Å². The lowest BCUT2D eigenvalue weighted by molar-refractivity contribution is 1.25. The molecule has 0 amide bonds. The molecule has 0 radical (unpaired) electrons. The molecule has 3 nitrogen and oxygen atoms in total. The lowest BCUT2D eigenvalue weighted by Gasteiger charge is -2.09. The zero-order valence-corrected chi connectivity index (χ0v) is 10.6. The smallest absolute Gasteiger partial charge is 0.150 e. The van der Waals surface area contributed by atoms with Crippen molar-refractivity contribution in [3.63, 3.8) is 0 Å². The third-order valence-corrected chi connectivity index (χ3v) is 2.84. The zero-order valence-electron chi connectivity index (χ0n) is 10.6. The van der Waals surface area contributed by atoms with Crippen molar-refractivity contribution in [1.29, 1.82) is 0 Å². The number of benzene rings is 2. The number of hydrogen-bond acceptors (Lipinski definition) is 2. The van der Waals surface area contributed by atoms with Gasteiger partial charge in [0, 0.05) is 5.56 Å². The Kier molecular flexibility index (Phi) is 3.63. The van der Waals surface area contributed by atoms with Gasteiger partial charge in [-0.3, -0.25) is 5.43 Å². The fourth-order valence-electron chi connectivity index (χ4n) is 1.78. The molecule has 92 valence electrons. The van der Waals surface area contributed by atoms with Crippen LogP contribution in [0.5, 0.6) is 0 Å². The van der Waals surface area contributed by atoms with Crippen LogP contribution < -0.4 is 11.2 Å². The van der Waals surface area contributed by atoms with Crippen LogP contribution in [0.25, 0.3) is 0 Å². The molecule has 0 saturated carbocycles. The second-order valence-corrected chi connectivity index (χ2v) is 4.24. The highest BCUT2D eigenvalue weighted by atomic mass is 15.3. The Morgan fingerprint density at radius 1 is 0.944 bits per heavy atom. The molecule has 3 N–H and O–H groups in total. The fourth-order valence-corrected chi connectivity index (χ4v) is 1.78. The van der Waals surface area contributed by atoms with Gasteiger partial charge in [0.25, 0.3) is 0 Å². The summed E-state index contributed by atoms with van der Waals surface area (Å²) in [6.07, 6.45) is 0. The lowest BCUT2D eigenvalue weighted by Crippen LogP contribution is -2.15. The van der Waals surface area contributed by atoms with Gasteiger partial charge in [-0.05, 0) is 25.0 Å².